The Bertz CT molecular complexity index is 646. The molecule has 2 aromatic rings. The minimum atomic E-state index is -0.547. The molecule has 2 aromatic carbocycles. The molecule has 1 atom stereocenters. The molecular weight excluding hydrogens is 302 g/mol. The van der Waals surface area contributed by atoms with Gasteiger partial charge < -0.3 is 9.47 Å². The standard InChI is InChI=1S/C15H11Cl2FO2/c16-12-8-14-13(19-4-5-20-14)7-11(12)15(17)9-2-1-3-10(18)6-9/h1-3,6-8,15H,4-5H2. The Balaban J connectivity index is 2.01. The average Bonchev–Trinajstić information content (AvgIpc) is 2.46. The van der Waals surface area contributed by atoms with Gasteiger partial charge in [-0.15, -0.1) is 11.6 Å². The van der Waals surface area contributed by atoms with Crippen molar-refractivity contribution in [2.24, 2.45) is 0 Å². The molecule has 104 valence electrons. The monoisotopic (exact) mass is 312 g/mol. The van der Waals surface area contributed by atoms with Crippen molar-refractivity contribution in [2.75, 3.05) is 13.2 Å². The maximum absolute atomic E-state index is 13.3. The third kappa shape index (κ3) is 2.56. The second-order valence-corrected chi connectivity index (χ2v) is 5.28. The second kappa shape index (κ2) is 5.51. The zero-order valence-electron chi connectivity index (χ0n) is 10.4. The van der Waals surface area contributed by atoms with Crippen LogP contribution in [0, 0.1) is 5.82 Å². The fourth-order valence-electron chi connectivity index (χ4n) is 2.12. The fraction of sp³-hybridized carbons (Fsp3) is 0.200. The summed E-state index contributed by atoms with van der Waals surface area (Å²) in [5.74, 6) is 0.882. The van der Waals surface area contributed by atoms with Crippen molar-refractivity contribution in [3.63, 3.8) is 0 Å². The molecule has 0 N–H and O–H groups in total. The Kier molecular flexibility index (Phi) is 3.72. The van der Waals surface area contributed by atoms with E-state index in [1.54, 1.807) is 24.3 Å². The van der Waals surface area contributed by atoms with Gasteiger partial charge in [-0.1, -0.05) is 23.7 Å². The van der Waals surface area contributed by atoms with Crippen molar-refractivity contribution in [1.82, 2.24) is 0 Å². The molecule has 0 fully saturated rings. The molecule has 0 amide bonds. The molecule has 0 aliphatic carbocycles. The molecule has 1 aliphatic rings. The number of ether oxygens (including phenoxy) is 2. The van der Waals surface area contributed by atoms with Gasteiger partial charge in [-0.3, -0.25) is 0 Å². The van der Waals surface area contributed by atoms with E-state index < -0.39 is 5.38 Å². The molecule has 1 heterocycles. The highest BCUT2D eigenvalue weighted by molar-refractivity contribution is 6.33. The first-order valence-corrected chi connectivity index (χ1v) is 6.95. The van der Waals surface area contributed by atoms with E-state index >= 15 is 0 Å². The lowest BCUT2D eigenvalue weighted by Gasteiger charge is -2.21. The zero-order valence-corrected chi connectivity index (χ0v) is 11.9. The van der Waals surface area contributed by atoms with E-state index in [2.05, 4.69) is 0 Å². The highest BCUT2D eigenvalue weighted by atomic mass is 35.5. The third-order valence-corrected chi connectivity index (χ3v) is 3.89. The topological polar surface area (TPSA) is 18.5 Å². The molecule has 5 heteroatoms. The molecule has 0 radical (unpaired) electrons. The number of halogens is 3. The van der Waals surface area contributed by atoms with Crippen LogP contribution < -0.4 is 9.47 Å². The predicted octanol–water partition coefficient (Wildman–Crippen LogP) is 4.58. The van der Waals surface area contributed by atoms with Gasteiger partial charge in [-0.25, -0.2) is 4.39 Å². The van der Waals surface area contributed by atoms with E-state index in [0.717, 1.165) is 0 Å². The molecule has 1 aliphatic heterocycles. The molecule has 0 aromatic heterocycles. The molecule has 0 saturated carbocycles. The summed E-state index contributed by atoms with van der Waals surface area (Å²) in [6.07, 6.45) is 0. The molecule has 20 heavy (non-hydrogen) atoms. The summed E-state index contributed by atoms with van der Waals surface area (Å²) in [5.41, 5.74) is 1.31. The number of hydrogen-bond donors (Lipinski definition) is 0. The summed E-state index contributed by atoms with van der Waals surface area (Å²) in [5, 5.41) is -0.0764. The van der Waals surface area contributed by atoms with Crippen LogP contribution >= 0.6 is 23.2 Å². The van der Waals surface area contributed by atoms with Gasteiger partial charge in [0, 0.05) is 11.1 Å². The van der Waals surface area contributed by atoms with Crippen LogP contribution in [0.1, 0.15) is 16.5 Å². The van der Waals surface area contributed by atoms with Gasteiger partial charge in [0.05, 0.1) is 5.38 Å². The first kappa shape index (κ1) is 13.5. The van der Waals surface area contributed by atoms with Crippen molar-refractivity contribution >= 4 is 23.2 Å². The van der Waals surface area contributed by atoms with Crippen LogP contribution in [0.2, 0.25) is 5.02 Å². The van der Waals surface area contributed by atoms with Crippen LogP contribution in [0.3, 0.4) is 0 Å². The Hall–Kier alpha value is -1.45. The smallest absolute Gasteiger partial charge is 0.162 e. The summed E-state index contributed by atoms with van der Waals surface area (Å²) in [7, 11) is 0. The molecule has 0 bridgehead atoms. The van der Waals surface area contributed by atoms with Crippen molar-refractivity contribution < 1.29 is 13.9 Å². The van der Waals surface area contributed by atoms with Gasteiger partial charge in [0.2, 0.25) is 0 Å². The van der Waals surface area contributed by atoms with Crippen LogP contribution in [0.4, 0.5) is 4.39 Å². The SMILES string of the molecule is Fc1cccc(C(Cl)c2cc3c(cc2Cl)OCCO3)c1. The maximum atomic E-state index is 13.3. The summed E-state index contributed by atoms with van der Waals surface area (Å²) in [6, 6.07) is 9.57. The normalized spacial score (nSPS) is 14.9. The number of fused-ring (bicyclic) bond motifs is 1. The lowest BCUT2D eigenvalue weighted by molar-refractivity contribution is 0.171. The lowest BCUT2D eigenvalue weighted by atomic mass is 10.0. The van der Waals surface area contributed by atoms with Gasteiger partial charge in [0.15, 0.2) is 11.5 Å². The number of alkyl halides is 1. The number of hydrogen-bond acceptors (Lipinski definition) is 2. The largest absolute Gasteiger partial charge is 0.486 e. The lowest BCUT2D eigenvalue weighted by Crippen LogP contribution is -2.15. The van der Waals surface area contributed by atoms with E-state index in [1.165, 1.54) is 12.1 Å². The number of rotatable bonds is 2. The van der Waals surface area contributed by atoms with Crippen molar-refractivity contribution in [1.29, 1.82) is 0 Å². The van der Waals surface area contributed by atoms with Crippen LogP contribution in [0.15, 0.2) is 36.4 Å². The van der Waals surface area contributed by atoms with Gasteiger partial charge in [0.1, 0.15) is 19.0 Å². The van der Waals surface area contributed by atoms with E-state index in [4.69, 9.17) is 32.7 Å². The molecular formula is C15H11Cl2FO2. The van der Waals surface area contributed by atoms with Gasteiger partial charge in [0.25, 0.3) is 0 Å². The Labute approximate surface area is 126 Å². The minimum Gasteiger partial charge on any atom is -0.486 e. The van der Waals surface area contributed by atoms with Crippen molar-refractivity contribution in [3.05, 3.63) is 58.4 Å². The summed E-state index contributed by atoms with van der Waals surface area (Å²) >= 11 is 12.6. The zero-order chi connectivity index (χ0) is 14.1. The second-order valence-electron chi connectivity index (χ2n) is 4.43. The van der Waals surface area contributed by atoms with Crippen LogP contribution in [-0.2, 0) is 0 Å². The predicted molar refractivity (Wildman–Crippen MR) is 76.5 cm³/mol. The summed E-state index contributed by atoms with van der Waals surface area (Å²) < 4.78 is 24.2. The van der Waals surface area contributed by atoms with Crippen LogP contribution in [-0.4, -0.2) is 13.2 Å². The number of benzene rings is 2. The quantitative estimate of drug-likeness (QED) is 0.756. The molecule has 2 nitrogen and oxygen atoms in total. The Morgan fingerprint density at radius 2 is 1.75 bits per heavy atom. The Morgan fingerprint density at radius 1 is 1.05 bits per heavy atom. The molecule has 0 spiro atoms. The first-order valence-electron chi connectivity index (χ1n) is 6.14. The van der Waals surface area contributed by atoms with E-state index in [-0.39, 0.29) is 5.82 Å². The average molecular weight is 313 g/mol. The summed E-state index contributed by atoms with van der Waals surface area (Å²) in [4.78, 5) is 0. The van der Waals surface area contributed by atoms with Gasteiger partial charge >= 0.3 is 0 Å². The fourth-order valence-corrected chi connectivity index (χ4v) is 2.75. The van der Waals surface area contributed by atoms with Crippen LogP contribution in [0.5, 0.6) is 11.5 Å². The van der Waals surface area contributed by atoms with Gasteiger partial charge in [-0.05, 0) is 29.3 Å². The molecule has 3 rings (SSSR count). The highest BCUT2D eigenvalue weighted by Gasteiger charge is 2.20. The van der Waals surface area contributed by atoms with Crippen molar-refractivity contribution in [3.8, 4) is 11.5 Å². The van der Waals surface area contributed by atoms with Crippen molar-refractivity contribution in [2.45, 2.75) is 5.38 Å². The van der Waals surface area contributed by atoms with E-state index in [0.29, 0.717) is 40.9 Å². The van der Waals surface area contributed by atoms with E-state index in [9.17, 15) is 4.39 Å². The minimum absolute atomic E-state index is 0.332. The Morgan fingerprint density at radius 3 is 2.45 bits per heavy atom. The maximum Gasteiger partial charge on any atom is 0.162 e. The molecule has 0 saturated heterocycles. The summed E-state index contributed by atoms with van der Waals surface area (Å²) in [6.45, 7) is 0.984. The van der Waals surface area contributed by atoms with Crippen LogP contribution in [0.25, 0.3) is 0 Å². The van der Waals surface area contributed by atoms with Gasteiger partial charge in [-0.2, -0.15) is 0 Å². The third-order valence-electron chi connectivity index (χ3n) is 3.08. The first-order chi connectivity index (χ1) is 9.65. The van der Waals surface area contributed by atoms with E-state index in [1.807, 2.05) is 0 Å². The highest BCUT2D eigenvalue weighted by Crippen LogP contribution is 2.41. The molecule has 1 unspecified atom stereocenters.